The maximum absolute atomic E-state index is 12.8. The minimum absolute atomic E-state index is 0.0852. The molecule has 1 heterocycles. The second-order valence-electron chi connectivity index (χ2n) is 6.43. The van der Waals surface area contributed by atoms with Gasteiger partial charge in [-0.15, -0.1) is 0 Å². The first-order valence-electron chi connectivity index (χ1n) is 9.23. The zero-order valence-electron chi connectivity index (χ0n) is 15.1. The van der Waals surface area contributed by atoms with Crippen molar-refractivity contribution in [3.8, 4) is 0 Å². The van der Waals surface area contributed by atoms with E-state index in [-0.39, 0.29) is 5.91 Å². The van der Waals surface area contributed by atoms with E-state index in [1.54, 1.807) is 0 Å². The number of rotatable bonds is 8. The van der Waals surface area contributed by atoms with Gasteiger partial charge >= 0.3 is 0 Å². The van der Waals surface area contributed by atoms with Crippen LogP contribution in [0.1, 0.15) is 5.56 Å². The lowest BCUT2D eigenvalue weighted by atomic mass is 10.2. The molecule has 1 fully saturated rings. The minimum Gasteiger partial charge on any atom is -0.379 e. The van der Waals surface area contributed by atoms with Gasteiger partial charge in [0.15, 0.2) is 0 Å². The molecule has 1 amide bonds. The van der Waals surface area contributed by atoms with Gasteiger partial charge in [-0.2, -0.15) is 0 Å². The number of hydrogen-bond donors (Lipinski definition) is 1. The summed E-state index contributed by atoms with van der Waals surface area (Å²) in [7, 11) is 0. The molecule has 1 aliphatic heterocycles. The average molecular weight is 353 g/mol. The highest BCUT2D eigenvalue weighted by molar-refractivity contribution is 5.94. The lowest BCUT2D eigenvalue weighted by Gasteiger charge is -2.27. The van der Waals surface area contributed by atoms with Crippen LogP contribution in [-0.2, 0) is 16.1 Å². The summed E-state index contributed by atoms with van der Waals surface area (Å²) in [6.07, 6.45) is 0. The van der Waals surface area contributed by atoms with Gasteiger partial charge in [0.1, 0.15) is 0 Å². The number of nitrogens with zero attached hydrogens (tertiary/aromatic N) is 2. The first-order chi connectivity index (χ1) is 12.8. The molecule has 0 spiro atoms. The third kappa shape index (κ3) is 5.66. The number of nitrogens with one attached hydrogen (secondary N) is 1. The van der Waals surface area contributed by atoms with Gasteiger partial charge in [0.25, 0.3) is 0 Å². The number of ether oxygens (including phenoxy) is 1. The fourth-order valence-corrected chi connectivity index (χ4v) is 3.05. The molecule has 0 aromatic heterocycles. The Kier molecular flexibility index (Phi) is 7.19. The van der Waals surface area contributed by atoms with E-state index in [1.807, 2.05) is 53.4 Å². The van der Waals surface area contributed by atoms with Crippen LogP contribution in [0.2, 0.25) is 0 Å². The van der Waals surface area contributed by atoms with Gasteiger partial charge < -0.3 is 15.0 Å². The number of para-hydroxylation sites is 1. The molecule has 0 bridgehead atoms. The van der Waals surface area contributed by atoms with Crippen LogP contribution in [0.25, 0.3) is 0 Å². The van der Waals surface area contributed by atoms with Crippen molar-refractivity contribution < 1.29 is 9.53 Å². The summed E-state index contributed by atoms with van der Waals surface area (Å²) in [5, 5.41) is 3.29. The van der Waals surface area contributed by atoms with E-state index in [0.29, 0.717) is 13.1 Å². The van der Waals surface area contributed by atoms with E-state index in [2.05, 4.69) is 22.3 Å². The maximum Gasteiger partial charge on any atom is 0.241 e. The van der Waals surface area contributed by atoms with Crippen molar-refractivity contribution in [2.75, 3.05) is 50.8 Å². The third-order valence-electron chi connectivity index (χ3n) is 4.54. The van der Waals surface area contributed by atoms with Gasteiger partial charge in [-0.25, -0.2) is 0 Å². The Balaban J connectivity index is 1.54. The van der Waals surface area contributed by atoms with E-state index in [0.717, 1.165) is 50.6 Å². The monoisotopic (exact) mass is 353 g/mol. The van der Waals surface area contributed by atoms with Crippen molar-refractivity contribution in [2.45, 2.75) is 6.54 Å². The summed E-state index contributed by atoms with van der Waals surface area (Å²) in [5.74, 6) is 0.0852. The molecular weight excluding hydrogens is 326 g/mol. The van der Waals surface area contributed by atoms with Crippen molar-refractivity contribution in [3.63, 3.8) is 0 Å². The SMILES string of the molecule is O=C(CNCCN1CCOCC1)N(Cc1ccccc1)c1ccccc1. The Bertz CT molecular complexity index is 657. The molecule has 2 aromatic rings. The van der Waals surface area contributed by atoms with Crippen LogP contribution in [0.15, 0.2) is 60.7 Å². The first-order valence-corrected chi connectivity index (χ1v) is 9.23. The summed E-state index contributed by atoms with van der Waals surface area (Å²) in [4.78, 5) is 17.0. The molecule has 1 aliphatic rings. The van der Waals surface area contributed by atoms with Crippen LogP contribution in [-0.4, -0.2) is 56.7 Å². The first kappa shape index (κ1) is 18.6. The Morgan fingerprint density at radius 1 is 1.00 bits per heavy atom. The van der Waals surface area contributed by atoms with E-state index < -0.39 is 0 Å². The molecule has 5 nitrogen and oxygen atoms in total. The van der Waals surface area contributed by atoms with Crippen molar-refractivity contribution in [2.24, 2.45) is 0 Å². The molecule has 1 N–H and O–H groups in total. The van der Waals surface area contributed by atoms with Gasteiger partial charge in [0.2, 0.25) is 5.91 Å². The van der Waals surface area contributed by atoms with Crippen molar-refractivity contribution in [1.29, 1.82) is 0 Å². The van der Waals surface area contributed by atoms with Gasteiger partial charge in [-0.1, -0.05) is 48.5 Å². The lowest BCUT2D eigenvalue weighted by molar-refractivity contribution is -0.118. The molecule has 0 atom stereocenters. The molecule has 2 aromatic carbocycles. The minimum atomic E-state index is 0.0852. The molecule has 0 radical (unpaired) electrons. The predicted molar refractivity (Wildman–Crippen MR) is 104 cm³/mol. The molecule has 138 valence electrons. The molecule has 3 rings (SSSR count). The highest BCUT2D eigenvalue weighted by atomic mass is 16.5. The normalized spacial score (nSPS) is 14.9. The Hall–Kier alpha value is -2.21. The van der Waals surface area contributed by atoms with Gasteiger partial charge in [0, 0.05) is 31.9 Å². The average Bonchev–Trinajstić information content (AvgIpc) is 2.71. The van der Waals surface area contributed by atoms with Crippen molar-refractivity contribution in [1.82, 2.24) is 10.2 Å². The van der Waals surface area contributed by atoms with E-state index in [9.17, 15) is 4.79 Å². The molecule has 0 aliphatic carbocycles. The number of carbonyl (C=O) groups is 1. The summed E-state index contributed by atoms with van der Waals surface area (Å²) >= 11 is 0. The maximum atomic E-state index is 12.8. The number of hydrogen-bond acceptors (Lipinski definition) is 4. The highest BCUT2D eigenvalue weighted by Crippen LogP contribution is 2.17. The topological polar surface area (TPSA) is 44.8 Å². The Morgan fingerprint density at radius 2 is 1.65 bits per heavy atom. The van der Waals surface area contributed by atoms with Crippen LogP contribution in [0, 0.1) is 0 Å². The molecule has 1 saturated heterocycles. The van der Waals surface area contributed by atoms with Crippen molar-refractivity contribution in [3.05, 3.63) is 66.2 Å². The highest BCUT2D eigenvalue weighted by Gasteiger charge is 2.16. The molecule has 0 unspecified atom stereocenters. The van der Waals surface area contributed by atoms with E-state index >= 15 is 0 Å². The van der Waals surface area contributed by atoms with Crippen LogP contribution in [0.4, 0.5) is 5.69 Å². The number of anilines is 1. The second kappa shape index (κ2) is 10.1. The molecule has 0 saturated carbocycles. The lowest BCUT2D eigenvalue weighted by Crippen LogP contribution is -2.43. The zero-order chi connectivity index (χ0) is 18.0. The van der Waals surface area contributed by atoms with Crippen LogP contribution in [0.5, 0.6) is 0 Å². The second-order valence-corrected chi connectivity index (χ2v) is 6.43. The van der Waals surface area contributed by atoms with E-state index in [1.165, 1.54) is 0 Å². The van der Waals surface area contributed by atoms with Gasteiger partial charge in [0.05, 0.1) is 26.3 Å². The number of carbonyl (C=O) groups excluding carboxylic acids is 1. The van der Waals surface area contributed by atoms with Gasteiger partial charge in [-0.3, -0.25) is 9.69 Å². The van der Waals surface area contributed by atoms with Crippen LogP contribution < -0.4 is 10.2 Å². The fraction of sp³-hybridized carbons (Fsp3) is 0.381. The third-order valence-corrected chi connectivity index (χ3v) is 4.54. The van der Waals surface area contributed by atoms with Crippen LogP contribution in [0.3, 0.4) is 0 Å². The predicted octanol–water partition coefficient (Wildman–Crippen LogP) is 2.14. The molecule has 5 heteroatoms. The Morgan fingerprint density at radius 3 is 2.35 bits per heavy atom. The molecular formula is C21H27N3O2. The summed E-state index contributed by atoms with van der Waals surface area (Å²) in [6, 6.07) is 20.0. The van der Waals surface area contributed by atoms with Gasteiger partial charge in [-0.05, 0) is 17.7 Å². The summed E-state index contributed by atoms with van der Waals surface area (Å²) in [6.45, 7) is 6.22. The number of benzene rings is 2. The Labute approximate surface area is 155 Å². The smallest absolute Gasteiger partial charge is 0.241 e. The largest absolute Gasteiger partial charge is 0.379 e. The summed E-state index contributed by atoms with van der Waals surface area (Å²) in [5.41, 5.74) is 2.05. The molecule has 26 heavy (non-hydrogen) atoms. The van der Waals surface area contributed by atoms with Crippen molar-refractivity contribution >= 4 is 11.6 Å². The standard InChI is InChI=1S/C21H27N3O2/c25-21(17-22-11-12-23-13-15-26-16-14-23)24(20-9-5-2-6-10-20)18-19-7-3-1-4-8-19/h1-10,22H,11-18H2. The summed E-state index contributed by atoms with van der Waals surface area (Å²) < 4.78 is 5.36. The fourth-order valence-electron chi connectivity index (χ4n) is 3.05. The van der Waals surface area contributed by atoms with Crippen LogP contribution >= 0.6 is 0 Å². The number of morpholine rings is 1. The number of amides is 1. The quantitative estimate of drug-likeness (QED) is 0.739. The zero-order valence-corrected chi connectivity index (χ0v) is 15.1. The van der Waals surface area contributed by atoms with E-state index in [4.69, 9.17) is 4.74 Å².